The minimum Gasteiger partial charge on any atom is -0.495 e. The molecule has 0 radical (unpaired) electrons. The summed E-state index contributed by atoms with van der Waals surface area (Å²) in [6, 6.07) is 3.66. The molecular formula is C11H13Cl2NO2. The van der Waals surface area contributed by atoms with E-state index in [1.165, 1.54) is 0 Å². The van der Waals surface area contributed by atoms with Gasteiger partial charge in [0.2, 0.25) is 0 Å². The number of rotatable bonds is 2. The number of methoxy groups -OCH3 is 1. The topological polar surface area (TPSA) is 30.5 Å². The van der Waals surface area contributed by atoms with Crippen molar-refractivity contribution in [1.29, 1.82) is 0 Å². The molecule has 16 heavy (non-hydrogen) atoms. The van der Waals surface area contributed by atoms with E-state index >= 15 is 0 Å². The Morgan fingerprint density at radius 1 is 1.38 bits per heavy atom. The molecule has 3 nitrogen and oxygen atoms in total. The van der Waals surface area contributed by atoms with Crippen molar-refractivity contribution in [3.8, 4) is 5.75 Å². The highest BCUT2D eigenvalue weighted by atomic mass is 35.5. The van der Waals surface area contributed by atoms with Gasteiger partial charge in [-0.1, -0.05) is 23.2 Å². The number of hydrogen-bond donors (Lipinski definition) is 1. The van der Waals surface area contributed by atoms with Gasteiger partial charge < -0.3 is 14.8 Å². The SMILES string of the molecule is COc1cc(Cl)c(C2COCCN2)cc1Cl. The summed E-state index contributed by atoms with van der Waals surface area (Å²) >= 11 is 12.2. The lowest BCUT2D eigenvalue weighted by Crippen LogP contribution is -2.34. The zero-order chi connectivity index (χ0) is 11.5. The number of halogens is 2. The number of ether oxygens (including phenoxy) is 2. The zero-order valence-corrected chi connectivity index (χ0v) is 10.4. The van der Waals surface area contributed by atoms with Crippen LogP contribution in [0, 0.1) is 0 Å². The quantitative estimate of drug-likeness (QED) is 0.888. The van der Waals surface area contributed by atoms with E-state index in [1.807, 2.05) is 6.07 Å². The third kappa shape index (κ3) is 2.43. The molecule has 0 aliphatic carbocycles. The van der Waals surface area contributed by atoms with E-state index in [1.54, 1.807) is 13.2 Å². The smallest absolute Gasteiger partial charge is 0.138 e. The Hall–Kier alpha value is -0.480. The van der Waals surface area contributed by atoms with Crippen LogP contribution in [0.25, 0.3) is 0 Å². The maximum absolute atomic E-state index is 6.18. The number of morpholine rings is 1. The van der Waals surface area contributed by atoms with Gasteiger partial charge in [0.1, 0.15) is 5.75 Å². The van der Waals surface area contributed by atoms with Crippen molar-refractivity contribution in [3.05, 3.63) is 27.7 Å². The monoisotopic (exact) mass is 261 g/mol. The van der Waals surface area contributed by atoms with E-state index < -0.39 is 0 Å². The lowest BCUT2D eigenvalue weighted by Gasteiger charge is -2.25. The Morgan fingerprint density at radius 3 is 2.81 bits per heavy atom. The summed E-state index contributed by atoms with van der Waals surface area (Å²) in [7, 11) is 1.57. The maximum Gasteiger partial charge on any atom is 0.138 e. The molecule has 0 bridgehead atoms. The largest absolute Gasteiger partial charge is 0.495 e. The van der Waals surface area contributed by atoms with E-state index in [9.17, 15) is 0 Å². The summed E-state index contributed by atoms with van der Waals surface area (Å²) in [6.45, 7) is 2.17. The molecule has 1 fully saturated rings. The lowest BCUT2D eigenvalue weighted by atomic mass is 10.1. The summed E-state index contributed by atoms with van der Waals surface area (Å²) in [4.78, 5) is 0. The summed E-state index contributed by atoms with van der Waals surface area (Å²) in [5.41, 5.74) is 0.951. The van der Waals surface area contributed by atoms with Crippen LogP contribution in [0.1, 0.15) is 11.6 Å². The van der Waals surface area contributed by atoms with Crippen LogP contribution in [-0.4, -0.2) is 26.9 Å². The third-order valence-corrected chi connectivity index (χ3v) is 3.19. The van der Waals surface area contributed by atoms with Gasteiger partial charge in [0.05, 0.1) is 31.4 Å². The highest BCUT2D eigenvalue weighted by molar-refractivity contribution is 6.34. The first-order valence-electron chi connectivity index (χ1n) is 5.06. The number of nitrogens with one attached hydrogen (secondary N) is 1. The summed E-state index contributed by atoms with van der Waals surface area (Å²) in [5, 5.41) is 4.54. The molecule has 1 unspecified atom stereocenters. The minimum absolute atomic E-state index is 0.102. The molecule has 1 heterocycles. The third-order valence-electron chi connectivity index (χ3n) is 2.57. The predicted molar refractivity (Wildman–Crippen MR) is 64.6 cm³/mol. The van der Waals surface area contributed by atoms with Crippen molar-refractivity contribution >= 4 is 23.2 Å². The minimum atomic E-state index is 0.102. The molecule has 0 aromatic heterocycles. The van der Waals surface area contributed by atoms with Crippen molar-refractivity contribution in [2.24, 2.45) is 0 Å². The second-order valence-corrected chi connectivity index (χ2v) is 4.40. The van der Waals surface area contributed by atoms with Gasteiger partial charge in [0.25, 0.3) is 0 Å². The molecular weight excluding hydrogens is 249 g/mol. The first-order valence-corrected chi connectivity index (χ1v) is 5.82. The van der Waals surface area contributed by atoms with Gasteiger partial charge in [-0.25, -0.2) is 0 Å². The fraction of sp³-hybridized carbons (Fsp3) is 0.455. The van der Waals surface area contributed by atoms with Gasteiger partial charge in [-0.05, 0) is 11.6 Å². The molecule has 5 heteroatoms. The summed E-state index contributed by atoms with van der Waals surface area (Å²) in [5.74, 6) is 0.590. The van der Waals surface area contributed by atoms with Crippen molar-refractivity contribution in [2.75, 3.05) is 26.9 Å². The Bertz CT molecular complexity index is 378. The Morgan fingerprint density at radius 2 is 2.19 bits per heavy atom. The van der Waals surface area contributed by atoms with Crippen molar-refractivity contribution in [3.63, 3.8) is 0 Å². The fourth-order valence-electron chi connectivity index (χ4n) is 1.73. The van der Waals surface area contributed by atoms with E-state index in [2.05, 4.69) is 5.32 Å². The van der Waals surface area contributed by atoms with E-state index in [-0.39, 0.29) is 6.04 Å². The number of benzene rings is 1. The normalized spacial score (nSPS) is 20.8. The van der Waals surface area contributed by atoms with Gasteiger partial charge in [-0.15, -0.1) is 0 Å². The Kier molecular flexibility index (Phi) is 3.92. The molecule has 1 aliphatic heterocycles. The van der Waals surface area contributed by atoms with Crippen molar-refractivity contribution in [1.82, 2.24) is 5.32 Å². The highest BCUT2D eigenvalue weighted by Gasteiger charge is 2.19. The summed E-state index contributed by atoms with van der Waals surface area (Å²) < 4.78 is 10.5. The zero-order valence-electron chi connectivity index (χ0n) is 8.93. The average Bonchev–Trinajstić information content (AvgIpc) is 2.32. The van der Waals surface area contributed by atoms with E-state index in [4.69, 9.17) is 32.7 Å². The second kappa shape index (κ2) is 5.23. The van der Waals surface area contributed by atoms with Gasteiger partial charge >= 0.3 is 0 Å². The van der Waals surface area contributed by atoms with Crippen LogP contribution in [0.2, 0.25) is 10.0 Å². The highest BCUT2D eigenvalue weighted by Crippen LogP contribution is 2.34. The van der Waals surface area contributed by atoms with Gasteiger partial charge in [-0.3, -0.25) is 0 Å². The second-order valence-electron chi connectivity index (χ2n) is 3.59. The van der Waals surface area contributed by atoms with E-state index in [0.717, 1.165) is 18.7 Å². The van der Waals surface area contributed by atoms with Crippen molar-refractivity contribution < 1.29 is 9.47 Å². The molecule has 1 aliphatic rings. The standard InChI is InChI=1S/C11H13Cl2NO2/c1-15-11-5-8(12)7(4-9(11)13)10-6-16-3-2-14-10/h4-5,10,14H,2-3,6H2,1H3. The van der Waals surface area contributed by atoms with Crippen LogP contribution in [0.5, 0.6) is 5.75 Å². The van der Waals surface area contributed by atoms with Crippen LogP contribution < -0.4 is 10.1 Å². The van der Waals surface area contributed by atoms with Crippen molar-refractivity contribution in [2.45, 2.75) is 6.04 Å². The maximum atomic E-state index is 6.18. The summed E-state index contributed by atoms with van der Waals surface area (Å²) in [6.07, 6.45) is 0. The first kappa shape index (κ1) is 12.0. The van der Waals surface area contributed by atoms with Crippen LogP contribution >= 0.6 is 23.2 Å². The molecule has 88 valence electrons. The molecule has 1 atom stereocenters. The fourth-order valence-corrected chi connectivity index (χ4v) is 2.27. The Balaban J connectivity index is 2.29. The first-order chi connectivity index (χ1) is 7.72. The molecule has 1 saturated heterocycles. The molecule has 0 amide bonds. The van der Waals surface area contributed by atoms with Gasteiger partial charge in [0, 0.05) is 17.6 Å². The lowest BCUT2D eigenvalue weighted by molar-refractivity contribution is 0.0769. The van der Waals surface area contributed by atoms with Crippen LogP contribution in [-0.2, 0) is 4.74 Å². The molecule has 1 N–H and O–H groups in total. The molecule has 0 spiro atoms. The van der Waals surface area contributed by atoms with Crippen LogP contribution in [0.4, 0.5) is 0 Å². The molecule has 1 aromatic rings. The average molecular weight is 262 g/mol. The number of hydrogen-bond acceptors (Lipinski definition) is 3. The van der Waals surface area contributed by atoms with Gasteiger partial charge in [-0.2, -0.15) is 0 Å². The Labute approximate surface area is 105 Å². The van der Waals surface area contributed by atoms with E-state index in [0.29, 0.717) is 22.4 Å². The van der Waals surface area contributed by atoms with Crippen LogP contribution in [0.3, 0.4) is 0 Å². The molecule has 1 aromatic carbocycles. The molecule has 2 rings (SSSR count). The predicted octanol–water partition coefficient (Wildman–Crippen LogP) is 2.66. The van der Waals surface area contributed by atoms with Gasteiger partial charge in [0.15, 0.2) is 0 Å². The van der Waals surface area contributed by atoms with Crippen LogP contribution in [0.15, 0.2) is 12.1 Å². The molecule has 0 saturated carbocycles.